The first-order valence-corrected chi connectivity index (χ1v) is 9.49. The zero-order valence-electron chi connectivity index (χ0n) is 16.6. The number of aromatic nitrogens is 2. The normalized spacial score (nSPS) is 22.9. The van der Waals surface area contributed by atoms with E-state index in [-0.39, 0.29) is 36.6 Å². The molecular formula is C18H31F3IN5O. The fourth-order valence-electron chi connectivity index (χ4n) is 3.39. The van der Waals surface area contributed by atoms with Crippen LogP contribution in [0.3, 0.4) is 0 Å². The minimum Gasteiger partial charge on any atom is -0.374 e. The highest BCUT2D eigenvalue weighted by Crippen LogP contribution is 2.40. The van der Waals surface area contributed by atoms with Gasteiger partial charge >= 0.3 is 6.18 Å². The third-order valence-corrected chi connectivity index (χ3v) is 5.10. The molecular weight excluding hydrogens is 486 g/mol. The van der Waals surface area contributed by atoms with Crippen molar-refractivity contribution in [2.45, 2.75) is 63.8 Å². The van der Waals surface area contributed by atoms with Crippen molar-refractivity contribution in [2.75, 3.05) is 13.1 Å². The van der Waals surface area contributed by atoms with Gasteiger partial charge in [0.1, 0.15) is 5.82 Å². The van der Waals surface area contributed by atoms with E-state index in [4.69, 9.17) is 0 Å². The van der Waals surface area contributed by atoms with Crippen LogP contribution in [0.15, 0.2) is 17.4 Å². The van der Waals surface area contributed by atoms with Crippen LogP contribution in [0.1, 0.15) is 51.8 Å². The molecule has 28 heavy (non-hydrogen) atoms. The van der Waals surface area contributed by atoms with Crippen molar-refractivity contribution < 1.29 is 18.3 Å². The summed E-state index contributed by atoms with van der Waals surface area (Å²) in [6, 6.07) is 0.273. The molecule has 1 saturated carbocycles. The molecule has 1 atom stereocenters. The third kappa shape index (κ3) is 6.23. The van der Waals surface area contributed by atoms with Crippen LogP contribution in [0, 0.1) is 5.92 Å². The van der Waals surface area contributed by atoms with E-state index in [1.54, 1.807) is 0 Å². The number of aliphatic imine (C=N–C) groups is 1. The van der Waals surface area contributed by atoms with E-state index in [0.717, 1.165) is 25.7 Å². The maximum atomic E-state index is 13.5. The standard InChI is InChI=1S/C18H30F3N5O.HI/c1-4-22-16(25-14-7-5-13(2)6-8-14)24-10-9-17(27,18(19,20)21)15-23-11-12-26(15)3;/h11-14,27H,4-10H2,1-3H3,(H2,22,24,25);1H. The van der Waals surface area contributed by atoms with Gasteiger partial charge in [-0.15, -0.1) is 24.0 Å². The van der Waals surface area contributed by atoms with Crippen LogP contribution in [0.25, 0.3) is 0 Å². The van der Waals surface area contributed by atoms with Crippen molar-refractivity contribution in [3.8, 4) is 0 Å². The highest BCUT2D eigenvalue weighted by molar-refractivity contribution is 14.0. The van der Waals surface area contributed by atoms with Gasteiger partial charge in [-0.1, -0.05) is 6.92 Å². The minimum atomic E-state index is -4.84. The van der Waals surface area contributed by atoms with Crippen LogP contribution in [0.2, 0.25) is 0 Å². The Bertz CT molecular complexity index is 629. The lowest BCUT2D eigenvalue weighted by Gasteiger charge is -2.30. The van der Waals surface area contributed by atoms with Crippen LogP contribution in [0.4, 0.5) is 13.2 Å². The Morgan fingerprint density at radius 3 is 2.46 bits per heavy atom. The molecule has 1 aliphatic rings. The molecule has 10 heteroatoms. The second-order valence-electron chi connectivity index (χ2n) is 7.33. The summed E-state index contributed by atoms with van der Waals surface area (Å²) in [6.45, 7) is 4.56. The highest BCUT2D eigenvalue weighted by atomic mass is 127. The largest absolute Gasteiger partial charge is 0.424 e. The van der Waals surface area contributed by atoms with Gasteiger partial charge in [-0.3, -0.25) is 4.99 Å². The average Bonchev–Trinajstić information content (AvgIpc) is 3.02. The molecule has 1 unspecified atom stereocenters. The molecule has 0 bridgehead atoms. The van der Waals surface area contributed by atoms with Crippen LogP contribution >= 0.6 is 24.0 Å². The molecule has 0 aromatic carbocycles. The van der Waals surface area contributed by atoms with Crippen LogP contribution in [0.5, 0.6) is 0 Å². The lowest BCUT2D eigenvalue weighted by Crippen LogP contribution is -2.46. The van der Waals surface area contributed by atoms with E-state index in [1.807, 2.05) is 6.92 Å². The molecule has 0 aliphatic heterocycles. The summed E-state index contributed by atoms with van der Waals surface area (Å²) < 4.78 is 41.8. The second-order valence-corrected chi connectivity index (χ2v) is 7.33. The molecule has 3 N–H and O–H groups in total. The molecule has 6 nitrogen and oxygen atoms in total. The molecule has 1 fully saturated rings. The van der Waals surface area contributed by atoms with Gasteiger partial charge in [0.05, 0.1) is 0 Å². The summed E-state index contributed by atoms with van der Waals surface area (Å²) in [5.41, 5.74) is -3.04. The SMILES string of the molecule is CCNC(=NCCC(O)(c1nccn1C)C(F)(F)F)NC1CCC(C)CC1.I. The number of imidazole rings is 1. The Hall–Kier alpha value is -1.04. The third-order valence-electron chi connectivity index (χ3n) is 5.10. The predicted octanol–water partition coefficient (Wildman–Crippen LogP) is 3.31. The van der Waals surface area contributed by atoms with E-state index in [1.165, 1.54) is 24.0 Å². The molecule has 1 aromatic rings. The van der Waals surface area contributed by atoms with Crippen LogP contribution in [-0.2, 0) is 12.6 Å². The van der Waals surface area contributed by atoms with Crippen LogP contribution < -0.4 is 10.6 Å². The lowest BCUT2D eigenvalue weighted by molar-refractivity contribution is -0.272. The zero-order valence-corrected chi connectivity index (χ0v) is 18.9. The Morgan fingerprint density at radius 1 is 1.32 bits per heavy atom. The van der Waals surface area contributed by atoms with Crippen molar-refractivity contribution in [1.29, 1.82) is 0 Å². The Kier molecular flexibility index (Phi) is 9.51. The van der Waals surface area contributed by atoms with E-state index in [9.17, 15) is 18.3 Å². The van der Waals surface area contributed by atoms with Crippen molar-refractivity contribution in [3.63, 3.8) is 0 Å². The van der Waals surface area contributed by atoms with Gasteiger partial charge in [-0.05, 0) is 38.5 Å². The number of alkyl halides is 3. The first-order valence-electron chi connectivity index (χ1n) is 9.49. The Balaban J connectivity index is 0.00000392. The molecule has 0 amide bonds. The molecule has 162 valence electrons. The first-order chi connectivity index (χ1) is 12.7. The number of aryl methyl sites for hydroxylation is 1. The van der Waals surface area contributed by atoms with Gasteiger partial charge in [0.15, 0.2) is 5.96 Å². The monoisotopic (exact) mass is 517 g/mol. The maximum absolute atomic E-state index is 13.5. The van der Waals surface area contributed by atoms with E-state index < -0.39 is 24.0 Å². The smallest absolute Gasteiger partial charge is 0.374 e. The fraction of sp³-hybridized carbons (Fsp3) is 0.778. The van der Waals surface area contributed by atoms with Gasteiger partial charge in [-0.25, -0.2) is 4.98 Å². The summed E-state index contributed by atoms with van der Waals surface area (Å²) in [4.78, 5) is 7.96. The van der Waals surface area contributed by atoms with E-state index in [2.05, 4.69) is 27.5 Å². The maximum Gasteiger partial charge on any atom is 0.424 e. The van der Waals surface area contributed by atoms with Crippen molar-refractivity contribution in [1.82, 2.24) is 20.2 Å². The number of aliphatic hydroxyl groups is 1. The molecule has 1 heterocycles. The van der Waals surface area contributed by atoms with Crippen LogP contribution in [-0.4, -0.2) is 45.9 Å². The number of hydrogen-bond donors (Lipinski definition) is 3. The summed E-state index contributed by atoms with van der Waals surface area (Å²) in [7, 11) is 1.43. The van der Waals surface area contributed by atoms with Gasteiger partial charge in [0.2, 0.25) is 5.60 Å². The molecule has 0 saturated heterocycles. The van der Waals surface area contributed by atoms with Gasteiger partial charge < -0.3 is 20.3 Å². The summed E-state index contributed by atoms with van der Waals surface area (Å²) >= 11 is 0. The number of hydrogen-bond acceptors (Lipinski definition) is 3. The van der Waals surface area contributed by atoms with Crippen molar-refractivity contribution in [2.24, 2.45) is 18.0 Å². The number of rotatable bonds is 6. The first kappa shape index (κ1) is 25.0. The predicted molar refractivity (Wildman–Crippen MR) is 114 cm³/mol. The fourth-order valence-corrected chi connectivity index (χ4v) is 3.39. The molecule has 1 aromatic heterocycles. The quantitative estimate of drug-likeness (QED) is 0.308. The van der Waals surface area contributed by atoms with Crippen molar-refractivity contribution >= 4 is 29.9 Å². The van der Waals surface area contributed by atoms with Gasteiger partial charge in [-0.2, -0.15) is 13.2 Å². The van der Waals surface area contributed by atoms with E-state index in [0.29, 0.717) is 18.4 Å². The summed E-state index contributed by atoms with van der Waals surface area (Å²) in [6.07, 6.45) is 1.48. The number of halogens is 4. The summed E-state index contributed by atoms with van der Waals surface area (Å²) in [5.74, 6) is 0.771. The lowest BCUT2D eigenvalue weighted by atomic mass is 9.87. The Labute approximate surface area is 181 Å². The van der Waals surface area contributed by atoms with Crippen molar-refractivity contribution in [3.05, 3.63) is 18.2 Å². The minimum absolute atomic E-state index is 0. The zero-order chi connectivity index (χ0) is 20.1. The summed E-state index contributed by atoms with van der Waals surface area (Å²) in [5, 5.41) is 16.7. The number of guanidine groups is 1. The second kappa shape index (κ2) is 10.7. The van der Waals surface area contributed by atoms with Gasteiger partial charge in [0.25, 0.3) is 0 Å². The highest BCUT2D eigenvalue weighted by Gasteiger charge is 2.57. The molecule has 2 rings (SSSR count). The average molecular weight is 517 g/mol. The van der Waals surface area contributed by atoms with E-state index >= 15 is 0 Å². The topological polar surface area (TPSA) is 74.5 Å². The number of nitrogens with zero attached hydrogens (tertiary/aromatic N) is 3. The van der Waals surface area contributed by atoms with Gasteiger partial charge in [0, 0.05) is 45.0 Å². The number of nitrogens with one attached hydrogen (secondary N) is 2. The Morgan fingerprint density at radius 2 is 1.96 bits per heavy atom. The molecule has 0 spiro atoms. The molecule has 1 aliphatic carbocycles. The molecule has 0 radical (unpaired) electrons.